The normalized spacial score (nSPS) is 16.4. The number of urea groups is 1. The number of rotatable bonds is 4. The molecule has 0 aromatic heterocycles. The van der Waals surface area contributed by atoms with Gasteiger partial charge in [0.2, 0.25) is 5.91 Å². The van der Waals surface area contributed by atoms with E-state index in [0.717, 1.165) is 0 Å². The molecule has 3 amide bonds. The molecule has 0 aliphatic carbocycles. The van der Waals surface area contributed by atoms with Gasteiger partial charge < -0.3 is 15.5 Å². The Kier molecular flexibility index (Phi) is 5.12. The number of amides is 3. The highest BCUT2D eigenvalue weighted by atomic mass is 19.4. The molecule has 0 unspecified atom stereocenters. The topological polar surface area (TPSA) is 61.4 Å². The van der Waals surface area contributed by atoms with E-state index in [1.165, 1.54) is 29.2 Å². The summed E-state index contributed by atoms with van der Waals surface area (Å²) in [7, 11) is 0. The highest BCUT2D eigenvalue weighted by Crippen LogP contribution is 2.33. The lowest BCUT2D eigenvalue weighted by Crippen LogP contribution is -2.59. The van der Waals surface area contributed by atoms with Crippen molar-refractivity contribution in [3.8, 4) is 0 Å². The van der Waals surface area contributed by atoms with Crippen LogP contribution in [0.3, 0.4) is 0 Å². The molecule has 0 bridgehead atoms. The van der Waals surface area contributed by atoms with Gasteiger partial charge in [0.05, 0.1) is 5.92 Å². The Labute approximate surface area is 131 Å². The van der Waals surface area contributed by atoms with Gasteiger partial charge in [0.15, 0.2) is 6.04 Å². The smallest absolute Gasteiger partial charge is 0.356 e. The van der Waals surface area contributed by atoms with Gasteiger partial charge in [0, 0.05) is 19.6 Å². The van der Waals surface area contributed by atoms with Crippen molar-refractivity contribution in [1.29, 1.82) is 0 Å². The van der Waals surface area contributed by atoms with Gasteiger partial charge in [-0.1, -0.05) is 30.3 Å². The van der Waals surface area contributed by atoms with Crippen molar-refractivity contribution in [1.82, 2.24) is 15.5 Å². The van der Waals surface area contributed by atoms with Gasteiger partial charge >= 0.3 is 12.2 Å². The molecule has 8 heteroatoms. The number of benzene rings is 1. The number of hydrogen-bond acceptors (Lipinski definition) is 2. The van der Waals surface area contributed by atoms with Crippen molar-refractivity contribution in [3.05, 3.63) is 35.9 Å². The summed E-state index contributed by atoms with van der Waals surface area (Å²) in [4.78, 5) is 24.7. The van der Waals surface area contributed by atoms with Crippen LogP contribution in [0.4, 0.5) is 18.0 Å². The highest BCUT2D eigenvalue weighted by Gasteiger charge is 2.44. The molecule has 0 radical (unpaired) electrons. The Bertz CT molecular complexity index is 557. The third-order valence-electron chi connectivity index (χ3n) is 3.62. The van der Waals surface area contributed by atoms with Crippen molar-refractivity contribution in [2.24, 2.45) is 5.92 Å². The predicted octanol–water partition coefficient (Wildman–Crippen LogP) is 2.07. The number of nitrogens with zero attached hydrogens (tertiary/aromatic N) is 1. The minimum absolute atomic E-state index is 0.0332. The first kappa shape index (κ1) is 17.1. The van der Waals surface area contributed by atoms with Crippen LogP contribution in [0.15, 0.2) is 30.3 Å². The summed E-state index contributed by atoms with van der Waals surface area (Å²) in [5.41, 5.74) is -0.0332. The standard InChI is InChI=1S/C15H18F3N3O2/c1-2-19-13(22)11-8-21(9-11)14(23)20-12(15(16,17)18)10-6-4-3-5-7-10/h3-7,11-12H,2,8-9H2,1H3,(H,19,22)(H,20,23)/t12-/m0/s1. The summed E-state index contributed by atoms with van der Waals surface area (Å²) >= 11 is 0. The highest BCUT2D eigenvalue weighted by molar-refractivity contribution is 5.84. The minimum atomic E-state index is -4.60. The Balaban J connectivity index is 1.97. The van der Waals surface area contributed by atoms with Crippen LogP contribution in [0.25, 0.3) is 0 Å². The molecule has 23 heavy (non-hydrogen) atoms. The van der Waals surface area contributed by atoms with Gasteiger partial charge in [0.25, 0.3) is 0 Å². The number of carbonyl (C=O) groups excluding carboxylic acids is 2. The van der Waals surface area contributed by atoms with Crippen molar-refractivity contribution in [2.45, 2.75) is 19.1 Å². The Hall–Kier alpha value is -2.25. The van der Waals surface area contributed by atoms with Crippen LogP contribution in [-0.2, 0) is 4.79 Å². The number of likely N-dealkylation sites (tertiary alicyclic amines) is 1. The lowest BCUT2D eigenvalue weighted by atomic mass is 9.99. The van der Waals surface area contributed by atoms with Crippen molar-refractivity contribution in [2.75, 3.05) is 19.6 Å². The van der Waals surface area contributed by atoms with Gasteiger partial charge in [-0.25, -0.2) is 4.79 Å². The van der Waals surface area contributed by atoms with E-state index >= 15 is 0 Å². The van der Waals surface area contributed by atoms with Gasteiger partial charge in [-0.05, 0) is 12.5 Å². The van der Waals surface area contributed by atoms with Crippen molar-refractivity contribution in [3.63, 3.8) is 0 Å². The SMILES string of the molecule is CCNC(=O)C1CN(C(=O)N[C@@H](c2ccccc2)C(F)(F)F)C1. The number of carbonyl (C=O) groups is 2. The molecule has 0 saturated carbocycles. The van der Waals surface area contributed by atoms with Crippen LogP contribution >= 0.6 is 0 Å². The van der Waals surface area contributed by atoms with E-state index in [2.05, 4.69) is 5.32 Å². The van der Waals surface area contributed by atoms with E-state index in [9.17, 15) is 22.8 Å². The number of alkyl halides is 3. The summed E-state index contributed by atoms with van der Waals surface area (Å²) in [6.07, 6.45) is -4.60. The van der Waals surface area contributed by atoms with Crippen LogP contribution in [0.5, 0.6) is 0 Å². The first-order chi connectivity index (χ1) is 10.8. The molecule has 2 N–H and O–H groups in total. The molecule has 1 atom stereocenters. The third-order valence-corrected chi connectivity index (χ3v) is 3.62. The van der Waals surface area contributed by atoms with Crippen molar-refractivity contribution >= 4 is 11.9 Å². The molecular formula is C15H18F3N3O2. The monoisotopic (exact) mass is 329 g/mol. The molecule has 126 valence electrons. The maximum Gasteiger partial charge on any atom is 0.412 e. The number of halogens is 3. The van der Waals surface area contributed by atoms with Crippen LogP contribution in [0.1, 0.15) is 18.5 Å². The molecule has 1 aliphatic heterocycles. The van der Waals surface area contributed by atoms with E-state index < -0.39 is 18.2 Å². The number of hydrogen-bond donors (Lipinski definition) is 2. The fraction of sp³-hybridized carbons (Fsp3) is 0.467. The summed E-state index contributed by atoms with van der Waals surface area (Å²) in [6.45, 7) is 2.49. The molecule has 1 aromatic rings. The molecular weight excluding hydrogens is 311 g/mol. The third kappa shape index (κ3) is 4.14. The number of nitrogens with one attached hydrogen (secondary N) is 2. The zero-order valence-electron chi connectivity index (χ0n) is 12.6. The second-order valence-corrected chi connectivity index (χ2v) is 5.33. The fourth-order valence-electron chi connectivity index (χ4n) is 2.34. The minimum Gasteiger partial charge on any atom is -0.356 e. The largest absolute Gasteiger partial charge is 0.412 e. The van der Waals surface area contributed by atoms with Gasteiger partial charge in [0.1, 0.15) is 0 Å². The average Bonchev–Trinajstić information content (AvgIpc) is 2.43. The summed E-state index contributed by atoms with van der Waals surface area (Å²) in [6, 6.07) is 4.30. The van der Waals surface area contributed by atoms with Crippen LogP contribution in [0, 0.1) is 5.92 Å². The van der Waals surface area contributed by atoms with E-state index in [4.69, 9.17) is 0 Å². The summed E-state index contributed by atoms with van der Waals surface area (Å²) in [5.74, 6) is -0.547. The van der Waals surface area contributed by atoms with Crippen LogP contribution < -0.4 is 10.6 Å². The molecule has 1 fully saturated rings. The van der Waals surface area contributed by atoms with E-state index in [-0.39, 0.29) is 30.5 Å². The molecule has 5 nitrogen and oxygen atoms in total. The second kappa shape index (κ2) is 6.89. The molecule has 1 aromatic carbocycles. The zero-order chi connectivity index (χ0) is 17.0. The van der Waals surface area contributed by atoms with Gasteiger partial charge in [-0.15, -0.1) is 0 Å². The first-order valence-corrected chi connectivity index (χ1v) is 7.27. The maximum atomic E-state index is 13.2. The predicted molar refractivity (Wildman–Crippen MR) is 77.5 cm³/mol. The van der Waals surface area contributed by atoms with Gasteiger partial charge in [-0.3, -0.25) is 4.79 Å². The lowest BCUT2D eigenvalue weighted by molar-refractivity contribution is -0.156. The maximum absolute atomic E-state index is 13.2. The summed E-state index contributed by atoms with van der Waals surface area (Å²) in [5, 5.41) is 4.62. The van der Waals surface area contributed by atoms with Gasteiger partial charge in [-0.2, -0.15) is 13.2 Å². The van der Waals surface area contributed by atoms with Crippen molar-refractivity contribution < 1.29 is 22.8 Å². The zero-order valence-corrected chi connectivity index (χ0v) is 12.6. The van der Waals surface area contributed by atoms with Crippen LogP contribution in [-0.4, -0.2) is 42.6 Å². The van der Waals surface area contributed by atoms with E-state index in [1.807, 2.05) is 5.32 Å². The van der Waals surface area contributed by atoms with E-state index in [0.29, 0.717) is 6.54 Å². The molecule has 0 spiro atoms. The molecule has 1 heterocycles. The Morgan fingerprint density at radius 2 is 1.87 bits per heavy atom. The van der Waals surface area contributed by atoms with E-state index in [1.54, 1.807) is 13.0 Å². The molecule has 1 saturated heterocycles. The summed E-state index contributed by atoms with van der Waals surface area (Å²) < 4.78 is 39.5. The average molecular weight is 329 g/mol. The Morgan fingerprint density at radius 1 is 1.26 bits per heavy atom. The molecule has 2 rings (SSSR count). The molecule has 1 aliphatic rings. The Morgan fingerprint density at radius 3 is 2.39 bits per heavy atom. The first-order valence-electron chi connectivity index (χ1n) is 7.27. The van der Waals surface area contributed by atoms with Crippen LogP contribution in [0.2, 0.25) is 0 Å². The fourth-order valence-corrected chi connectivity index (χ4v) is 2.34. The second-order valence-electron chi connectivity index (χ2n) is 5.33. The lowest BCUT2D eigenvalue weighted by Gasteiger charge is -2.39. The quantitative estimate of drug-likeness (QED) is 0.888.